The number of fused-ring (bicyclic) bond motifs is 1. The molecule has 2 aromatic carbocycles. The number of nitrogens with zero attached hydrogens (tertiary/aromatic N) is 3. The second-order valence-electron chi connectivity index (χ2n) is 7.65. The fraction of sp³-hybridized carbons (Fsp3) is 0.217. The van der Waals surface area contributed by atoms with Crippen LogP contribution in [0.4, 0.5) is 0 Å². The number of likely N-dealkylation sites (tertiary alicyclic amines) is 1. The van der Waals surface area contributed by atoms with E-state index in [-0.39, 0.29) is 11.9 Å². The van der Waals surface area contributed by atoms with E-state index in [0.29, 0.717) is 17.5 Å². The molecule has 0 radical (unpaired) electrons. The normalized spacial score (nSPS) is 21.2. The van der Waals surface area contributed by atoms with Gasteiger partial charge in [0.05, 0.1) is 11.8 Å². The molecule has 3 aliphatic rings. The van der Waals surface area contributed by atoms with Crippen molar-refractivity contribution in [3.63, 3.8) is 0 Å². The monoisotopic (exact) mass is 401 g/mol. The van der Waals surface area contributed by atoms with Crippen molar-refractivity contribution in [1.29, 1.82) is 0 Å². The molecule has 1 fully saturated rings. The van der Waals surface area contributed by atoms with Crippen LogP contribution in [0.3, 0.4) is 0 Å². The van der Waals surface area contributed by atoms with Gasteiger partial charge in [-0.1, -0.05) is 48.5 Å². The van der Waals surface area contributed by atoms with Gasteiger partial charge in [0.25, 0.3) is 0 Å². The first-order valence-electron chi connectivity index (χ1n) is 10.0. The van der Waals surface area contributed by atoms with Crippen molar-refractivity contribution >= 4 is 11.6 Å². The molecule has 1 atom stereocenters. The lowest BCUT2D eigenvalue weighted by molar-refractivity contribution is -0.124. The first kappa shape index (κ1) is 18.6. The van der Waals surface area contributed by atoms with E-state index in [4.69, 9.17) is 9.73 Å². The van der Waals surface area contributed by atoms with Crippen molar-refractivity contribution < 1.29 is 9.53 Å². The molecule has 7 nitrogen and oxygen atoms in total. The highest BCUT2D eigenvalue weighted by Gasteiger charge is 2.35. The summed E-state index contributed by atoms with van der Waals surface area (Å²) in [5, 5.41) is 4.82. The molecule has 2 N–H and O–H groups in total. The zero-order valence-electron chi connectivity index (χ0n) is 16.7. The second kappa shape index (κ2) is 7.78. The van der Waals surface area contributed by atoms with Crippen LogP contribution in [-0.2, 0) is 4.79 Å². The van der Waals surface area contributed by atoms with Crippen LogP contribution < -0.4 is 15.5 Å². The van der Waals surface area contributed by atoms with Gasteiger partial charge in [0.15, 0.2) is 0 Å². The Morgan fingerprint density at radius 2 is 1.80 bits per heavy atom. The maximum atomic E-state index is 12.7. The number of rotatable bonds is 5. The third-order valence-electron chi connectivity index (χ3n) is 5.26. The molecular formula is C23H23N5O2. The largest absolute Gasteiger partial charge is 0.439 e. The minimum absolute atomic E-state index is 0.0643. The Kier molecular flexibility index (Phi) is 4.82. The van der Waals surface area contributed by atoms with Gasteiger partial charge in [0.2, 0.25) is 11.8 Å². The van der Waals surface area contributed by atoms with Crippen molar-refractivity contribution in [1.82, 2.24) is 20.7 Å². The van der Waals surface area contributed by atoms with Gasteiger partial charge in [0, 0.05) is 24.7 Å². The smallest absolute Gasteiger partial charge is 0.243 e. The molecule has 1 amide bonds. The molecule has 30 heavy (non-hydrogen) atoms. The van der Waals surface area contributed by atoms with Crippen molar-refractivity contribution in [2.45, 2.75) is 12.1 Å². The second-order valence-corrected chi connectivity index (χ2v) is 7.65. The zero-order valence-corrected chi connectivity index (χ0v) is 16.7. The maximum Gasteiger partial charge on any atom is 0.243 e. The first-order chi connectivity index (χ1) is 14.7. The number of likely N-dealkylation sites (N-methyl/N-ethyl adjacent to an activating group) is 1. The van der Waals surface area contributed by atoms with E-state index in [1.807, 2.05) is 79.9 Å². The summed E-state index contributed by atoms with van der Waals surface area (Å²) in [6, 6.07) is 19.2. The van der Waals surface area contributed by atoms with Crippen molar-refractivity contribution in [2.75, 3.05) is 20.1 Å². The highest BCUT2D eigenvalue weighted by atomic mass is 16.5. The average Bonchev–Trinajstić information content (AvgIpc) is 3.19. The summed E-state index contributed by atoms with van der Waals surface area (Å²) in [6.07, 6.45) is 3.72. The number of hydrogen-bond donors (Lipinski definition) is 2. The molecule has 5 rings (SSSR count). The Morgan fingerprint density at radius 1 is 1.10 bits per heavy atom. The van der Waals surface area contributed by atoms with Gasteiger partial charge in [-0.25, -0.2) is 15.4 Å². The molecule has 0 bridgehead atoms. The molecule has 2 aromatic rings. The molecular weight excluding hydrogens is 378 g/mol. The topological polar surface area (TPSA) is 69.2 Å². The lowest BCUT2D eigenvalue weighted by atomic mass is 10.1. The molecule has 0 saturated carbocycles. The first-order valence-corrected chi connectivity index (χ1v) is 10.0. The summed E-state index contributed by atoms with van der Waals surface area (Å²) in [5.74, 6) is 1.86. The molecule has 0 spiro atoms. The quantitative estimate of drug-likeness (QED) is 0.801. The van der Waals surface area contributed by atoms with E-state index < -0.39 is 6.04 Å². The Bertz CT molecular complexity index is 1030. The lowest BCUT2D eigenvalue weighted by Crippen LogP contribution is -2.60. The predicted molar refractivity (Wildman–Crippen MR) is 114 cm³/mol. The lowest BCUT2D eigenvalue weighted by Gasteiger charge is -2.37. The number of benzene rings is 2. The fourth-order valence-corrected chi connectivity index (χ4v) is 3.72. The van der Waals surface area contributed by atoms with Gasteiger partial charge in [-0.15, -0.1) is 0 Å². The number of nitrogens with one attached hydrogen (secondary N) is 2. The fourth-order valence-electron chi connectivity index (χ4n) is 3.72. The van der Waals surface area contributed by atoms with E-state index in [9.17, 15) is 4.79 Å². The zero-order chi connectivity index (χ0) is 20.5. The Labute approximate surface area is 175 Å². The van der Waals surface area contributed by atoms with E-state index in [0.717, 1.165) is 24.4 Å². The predicted octanol–water partition coefficient (Wildman–Crippen LogP) is 1.87. The minimum atomic E-state index is -0.507. The van der Waals surface area contributed by atoms with Crippen LogP contribution in [-0.4, -0.2) is 53.7 Å². The molecule has 3 heterocycles. The number of hydrogen-bond acceptors (Lipinski definition) is 6. The standard InChI is InChI=1S/C23H23N5O2/c1-27-14-17(15-27)24-23(29)20-12-21-25-19(16-8-4-2-5-9-16)13-22(28(21)26-20)30-18-10-6-3-7-11-18/h2-13,17,20,26H,14-15H2,1H3,(H,24,29). The Balaban J connectivity index is 1.41. The van der Waals surface area contributed by atoms with Gasteiger partial charge >= 0.3 is 0 Å². The average molecular weight is 401 g/mol. The number of amides is 1. The van der Waals surface area contributed by atoms with E-state index >= 15 is 0 Å². The van der Waals surface area contributed by atoms with Gasteiger partial charge in [-0.3, -0.25) is 4.79 Å². The maximum absolute atomic E-state index is 12.7. The SMILES string of the molecule is CN1CC(NC(=O)C2C=C3N=C(c4ccccc4)C=C(Oc4ccccc4)N3N2)C1. The van der Waals surface area contributed by atoms with Crippen molar-refractivity contribution in [3.8, 4) is 5.75 Å². The van der Waals surface area contributed by atoms with E-state index in [1.165, 1.54) is 0 Å². The molecule has 1 saturated heterocycles. The third-order valence-corrected chi connectivity index (χ3v) is 5.26. The number of ether oxygens (including phenoxy) is 1. The van der Waals surface area contributed by atoms with Crippen molar-refractivity contribution in [2.24, 2.45) is 4.99 Å². The number of carbonyl (C=O) groups is 1. The molecule has 0 aliphatic carbocycles. The summed E-state index contributed by atoms with van der Waals surface area (Å²) >= 11 is 0. The number of aliphatic imine (C=N–C) groups is 1. The number of carbonyl (C=O) groups excluding carboxylic acids is 1. The molecule has 3 aliphatic heterocycles. The molecule has 152 valence electrons. The minimum Gasteiger partial charge on any atom is -0.439 e. The molecule has 1 unspecified atom stereocenters. The summed E-state index contributed by atoms with van der Waals surface area (Å²) in [4.78, 5) is 19.7. The highest BCUT2D eigenvalue weighted by Crippen LogP contribution is 2.27. The molecule has 0 aromatic heterocycles. The summed E-state index contributed by atoms with van der Waals surface area (Å²) in [6.45, 7) is 1.74. The van der Waals surface area contributed by atoms with Gasteiger partial charge in [0.1, 0.15) is 17.6 Å². The van der Waals surface area contributed by atoms with Gasteiger partial charge in [-0.05, 0) is 25.3 Å². The van der Waals surface area contributed by atoms with E-state index in [1.54, 1.807) is 5.01 Å². The Morgan fingerprint density at radius 3 is 2.50 bits per heavy atom. The van der Waals surface area contributed by atoms with Crippen LogP contribution in [0.2, 0.25) is 0 Å². The van der Waals surface area contributed by atoms with Crippen LogP contribution in [0, 0.1) is 0 Å². The van der Waals surface area contributed by atoms with Crippen LogP contribution in [0.1, 0.15) is 5.56 Å². The molecule has 7 heteroatoms. The van der Waals surface area contributed by atoms with Gasteiger partial charge in [-0.2, -0.15) is 0 Å². The van der Waals surface area contributed by atoms with Crippen molar-refractivity contribution in [3.05, 3.63) is 90.1 Å². The van der Waals surface area contributed by atoms with Crippen LogP contribution in [0.25, 0.3) is 0 Å². The summed E-state index contributed by atoms with van der Waals surface area (Å²) in [5.41, 5.74) is 4.98. The number of hydrazine groups is 1. The number of para-hydroxylation sites is 1. The summed E-state index contributed by atoms with van der Waals surface area (Å²) in [7, 11) is 2.04. The van der Waals surface area contributed by atoms with Crippen LogP contribution in [0.5, 0.6) is 5.75 Å². The summed E-state index contributed by atoms with van der Waals surface area (Å²) < 4.78 is 6.14. The Hall–Kier alpha value is -3.42. The number of allylic oxidation sites excluding steroid dienone is 1. The highest BCUT2D eigenvalue weighted by molar-refractivity contribution is 6.10. The third kappa shape index (κ3) is 3.72. The van der Waals surface area contributed by atoms with Gasteiger partial charge < -0.3 is 15.0 Å². The van der Waals surface area contributed by atoms with Crippen LogP contribution >= 0.6 is 0 Å². The van der Waals surface area contributed by atoms with E-state index in [2.05, 4.69) is 15.6 Å². The van der Waals surface area contributed by atoms with Crippen LogP contribution in [0.15, 0.2) is 89.5 Å².